The van der Waals surface area contributed by atoms with Crippen molar-refractivity contribution in [2.24, 2.45) is 0 Å². The van der Waals surface area contributed by atoms with Crippen molar-refractivity contribution in [1.29, 1.82) is 0 Å². The molecule has 0 radical (unpaired) electrons. The molecule has 0 atom stereocenters. The van der Waals surface area contributed by atoms with E-state index < -0.39 is 23.0 Å². The van der Waals surface area contributed by atoms with Crippen LogP contribution in [0.15, 0.2) is 18.2 Å². The quantitative estimate of drug-likeness (QED) is 0.754. The number of carbonyl (C=O) groups is 2. The van der Waals surface area contributed by atoms with Gasteiger partial charge in [-0.15, -0.1) is 0 Å². The summed E-state index contributed by atoms with van der Waals surface area (Å²) in [5.41, 5.74) is -0.563. The van der Waals surface area contributed by atoms with Gasteiger partial charge in [-0.2, -0.15) is 0 Å². The summed E-state index contributed by atoms with van der Waals surface area (Å²) in [4.78, 5) is 24.3. The van der Waals surface area contributed by atoms with Crippen LogP contribution in [0, 0.1) is 11.6 Å². The van der Waals surface area contributed by atoms with Gasteiger partial charge in [0.25, 0.3) is 0 Å². The molecule has 0 aliphatic carbocycles. The van der Waals surface area contributed by atoms with Crippen LogP contribution in [-0.2, 0) is 4.79 Å². The third-order valence-electron chi connectivity index (χ3n) is 2.75. The summed E-state index contributed by atoms with van der Waals surface area (Å²) in [6, 6.07) is 3.26. The van der Waals surface area contributed by atoms with Crippen molar-refractivity contribution in [2.45, 2.75) is 12.8 Å². The van der Waals surface area contributed by atoms with Crippen molar-refractivity contribution in [3.63, 3.8) is 0 Å². The average Bonchev–Trinajstić information content (AvgIpc) is 2.64. The number of hydrogen-bond acceptors (Lipinski definition) is 2. The maximum atomic E-state index is 13.3. The Morgan fingerprint density at radius 1 is 1.29 bits per heavy atom. The highest BCUT2D eigenvalue weighted by molar-refractivity contribution is 6.00. The van der Waals surface area contributed by atoms with Gasteiger partial charge in [0, 0.05) is 13.0 Å². The highest BCUT2D eigenvalue weighted by Gasteiger charge is 2.25. The van der Waals surface area contributed by atoms with Crippen LogP contribution in [0.3, 0.4) is 0 Å². The van der Waals surface area contributed by atoms with Gasteiger partial charge in [-0.1, -0.05) is 6.07 Å². The minimum atomic E-state index is -0.887. The van der Waals surface area contributed by atoms with E-state index in [4.69, 9.17) is 0 Å². The number of rotatable bonds is 3. The minimum absolute atomic E-state index is 0.143. The Morgan fingerprint density at radius 3 is 2.47 bits per heavy atom. The van der Waals surface area contributed by atoms with Crippen LogP contribution < -0.4 is 0 Å². The van der Waals surface area contributed by atoms with Gasteiger partial charge in [0.1, 0.15) is 11.6 Å². The van der Waals surface area contributed by atoms with E-state index >= 15 is 0 Å². The fraction of sp³-hybridized carbons (Fsp3) is 0.333. The molecule has 17 heavy (non-hydrogen) atoms. The third-order valence-corrected chi connectivity index (χ3v) is 2.75. The van der Waals surface area contributed by atoms with Gasteiger partial charge in [0.15, 0.2) is 5.78 Å². The van der Waals surface area contributed by atoms with E-state index in [0.29, 0.717) is 19.4 Å². The van der Waals surface area contributed by atoms with Crippen LogP contribution in [0.2, 0.25) is 0 Å². The Hall–Kier alpha value is -1.78. The number of Topliss-reactive ketones (excluding diaryl/α,β-unsaturated/α-hetero) is 1. The Balaban J connectivity index is 2.17. The molecule has 1 aromatic carbocycles. The number of likely N-dealkylation sites (tertiary alicyclic amines) is 1. The Morgan fingerprint density at radius 2 is 1.94 bits per heavy atom. The first-order valence-corrected chi connectivity index (χ1v) is 5.34. The molecule has 0 unspecified atom stereocenters. The van der Waals surface area contributed by atoms with Gasteiger partial charge in [-0.25, -0.2) is 8.78 Å². The first-order chi connectivity index (χ1) is 8.09. The average molecular weight is 239 g/mol. The molecule has 1 saturated heterocycles. The SMILES string of the molecule is O=C(CN1CCCC1=O)c1c(F)cccc1F. The van der Waals surface area contributed by atoms with E-state index in [2.05, 4.69) is 0 Å². The van der Waals surface area contributed by atoms with Crippen molar-refractivity contribution >= 4 is 11.7 Å². The maximum Gasteiger partial charge on any atom is 0.223 e. The van der Waals surface area contributed by atoms with Gasteiger partial charge >= 0.3 is 0 Å². The van der Waals surface area contributed by atoms with E-state index in [1.807, 2.05) is 0 Å². The van der Waals surface area contributed by atoms with E-state index in [-0.39, 0.29) is 12.5 Å². The molecule has 3 nitrogen and oxygen atoms in total. The fourth-order valence-electron chi connectivity index (χ4n) is 1.89. The molecule has 0 N–H and O–H groups in total. The smallest absolute Gasteiger partial charge is 0.223 e. The van der Waals surface area contributed by atoms with Crippen LogP contribution in [0.5, 0.6) is 0 Å². The zero-order valence-corrected chi connectivity index (χ0v) is 9.08. The number of carbonyl (C=O) groups excluding carboxylic acids is 2. The topological polar surface area (TPSA) is 37.4 Å². The molecule has 1 amide bonds. The molecule has 0 saturated carbocycles. The Labute approximate surface area is 97.0 Å². The van der Waals surface area contributed by atoms with Crippen LogP contribution in [-0.4, -0.2) is 29.7 Å². The van der Waals surface area contributed by atoms with Crippen molar-refractivity contribution in [3.05, 3.63) is 35.4 Å². The molecule has 1 aromatic rings. The molecule has 2 rings (SSSR count). The second kappa shape index (κ2) is 4.61. The molecule has 0 bridgehead atoms. The van der Waals surface area contributed by atoms with Gasteiger partial charge in [0.2, 0.25) is 5.91 Å². The predicted molar refractivity (Wildman–Crippen MR) is 56.5 cm³/mol. The molecule has 1 fully saturated rings. The summed E-state index contributed by atoms with van der Waals surface area (Å²) in [5.74, 6) is -2.62. The summed E-state index contributed by atoms with van der Waals surface area (Å²) in [6.07, 6.45) is 1.08. The number of ketones is 1. The maximum absolute atomic E-state index is 13.3. The van der Waals surface area contributed by atoms with E-state index in [9.17, 15) is 18.4 Å². The van der Waals surface area contributed by atoms with Crippen molar-refractivity contribution in [1.82, 2.24) is 4.90 Å². The normalized spacial score (nSPS) is 15.4. The number of halogens is 2. The predicted octanol–water partition coefficient (Wildman–Crippen LogP) is 1.77. The number of benzene rings is 1. The molecule has 0 aromatic heterocycles. The van der Waals surface area contributed by atoms with E-state index in [1.165, 1.54) is 11.0 Å². The van der Waals surface area contributed by atoms with Crippen molar-refractivity contribution in [2.75, 3.05) is 13.1 Å². The monoisotopic (exact) mass is 239 g/mol. The molecular formula is C12H11F2NO2. The zero-order chi connectivity index (χ0) is 12.4. The summed E-state index contributed by atoms with van der Waals surface area (Å²) >= 11 is 0. The number of amides is 1. The lowest BCUT2D eigenvalue weighted by atomic mass is 10.1. The highest BCUT2D eigenvalue weighted by atomic mass is 19.1. The number of hydrogen-bond donors (Lipinski definition) is 0. The first-order valence-electron chi connectivity index (χ1n) is 5.34. The van der Waals surface area contributed by atoms with Crippen LogP contribution >= 0.6 is 0 Å². The summed E-state index contributed by atoms with van der Waals surface area (Å²) < 4.78 is 26.6. The standard InChI is InChI=1S/C12H11F2NO2/c13-8-3-1-4-9(14)12(8)10(16)7-15-6-2-5-11(15)17/h1,3-4H,2,5-7H2. The summed E-state index contributed by atoms with van der Waals surface area (Å²) in [6.45, 7) is 0.220. The second-order valence-corrected chi connectivity index (χ2v) is 3.94. The molecule has 1 heterocycles. The van der Waals surface area contributed by atoms with Crippen molar-refractivity contribution in [3.8, 4) is 0 Å². The molecule has 1 aliphatic heterocycles. The molecular weight excluding hydrogens is 228 g/mol. The molecule has 1 aliphatic rings. The van der Waals surface area contributed by atoms with Gasteiger partial charge in [0.05, 0.1) is 12.1 Å². The summed E-state index contributed by atoms with van der Waals surface area (Å²) in [7, 11) is 0. The Bertz CT molecular complexity index is 453. The minimum Gasteiger partial charge on any atom is -0.335 e. The van der Waals surface area contributed by atoms with Crippen LogP contribution in [0.25, 0.3) is 0 Å². The Kier molecular flexibility index (Phi) is 3.17. The van der Waals surface area contributed by atoms with E-state index in [1.54, 1.807) is 0 Å². The lowest BCUT2D eigenvalue weighted by molar-refractivity contribution is -0.127. The lowest BCUT2D eigenvalue weighted by Gasteiger charge is -2.14. The fourth-order valence-corrected chi connectivity index (χ4v) is 1.89. The molecule has 5 heteroatoms. The zero-order valence-electron chi connectivity index (χ0n) is 9.08. The highest BCUT2D eigenvalue weighted by Crippen LogP contribution is 2.15. The first kappa shape index (κ1) is 11.7. The molecule has 0 spiro atoms. The number of nitrogens with zero attached hydrogens (tertiary/aromatic N) is 1. The second-order valence-electron chi connectivity index (χ2n) is 3.94. The van der Waals surface area contributed by atoms with Crippen LogP contribution in [0.4, 0.5) is 8.78 Å². The van der Waals surface area contributed by atoms with Gasteiger partial charge < -0.3 is 4.90 Å². The summed E-state index contributed by atoms with van der Waals surface area (Å²) in [5, 5.41) is 0. The lowest BCUT2D eigenvalue weighted by Crippen LogP contribution is -2.31. The van der Waals surface area contributed by atoms with E-state index in [0.717, 1.165) is 12.1 Å². The molecule has 90 valence electrons. The van der Waals surface area contributed by atoms with Crippen LogP contribution in [0.1, 0.15) is 23.2 Å². The van der Waals surface area contributed by atoms with Gasteiger partial charge in [-0.3, -0.25) is 9.59 Å². The third kappa shape index (κ3) is 2.33. The van der Waals surface area contributed by atoms with Crippen molar-refractivity contribution < 1.29 is 18.4 Å². The van der Waals surface area contributed by atoms with Gasteiger partial charge in [-0.05, 0) is 18.6 Å². The largest absolute Gasteiger partial charge is 0.335 e.